The summed E-state index contributed by atoms with van der Waals surface area (Å²) in [4.78, 5) is 38.3. The van der Waals surface area contributed by atoms with Gasteiger partial charge in [0.2, 0.25) is 0 Å². The largest absolute Gasteiger partial charge is 0.462 e. The van der Waals surface area contributed by atoms with Crippen molar-refractivity contribution in [3.8, 4) is 0 Å². The van der Waals surface area contributed by atoms with Crippen LogP contribution in [0, 0.1) is 0 Å². The van der Waals surface area contributed by atoms with Crippen LogP contribution < -0.4 is 0 Å². The maximum atomic E-state index is 12.9. The minimum Gasteiger partial charge on any atom is -0.462 e. The van der Waals surface area contributed by atoms with Gasteiger partial charge in [-0.3, -0.25) is 14.4 Å². The molecule has 0 aromatic rings. The lowest BCUT2D eigenvalue weighted by Crippen LogP contribution is -2.30. The van der Waals surface area contributed by atoms with Crippen LogP contribution in [0.25, 0.3) is 0 Å². The first kappa shape index (κ1) is 74.5. The van der Waals surface area contributed by atoms with Gasteiger partial charge in [-0.2, -0.15) is 0 Å². The van der Waals surface area contributed by atoms with Crippen molar-refractivity contribution < 1.29 is 28.6 Å². The molecule has 0 amide bonds. The van der Waals surface area contributed by atoms with Crippen molar-refractivity contribution in [3.05, 3.63) is 134 Å². The second-order valence-corrected chi connectivity index (χ2v) is 21.3. The Morgan fingerprint density at radius 3 is 0.861 bits per heavy atom. The fourth-order valence-electron chi connectivity index (χ4n) is 8.81. The maximum Gasteiger partial charge on any atom is 0.306 e. The molecule has 0 spiro atoms. The average molecular weight is 1090 g/mol. The molecule has 0 aliphatic rings. The maximum absolute atomic E-state index is 12.9. The number of carbonyl (C=O) groups excluding carboxylic acids is 3. The summed E-state index contributed by atoms with van der Waals surface area (Å²) in [6.45, 7) is 6.33. The first-order valence-electron chi connectivity index (χ1n) is 32.7. The Balaban J connectivity index is 4.42. The second-order valence-electron chi connectivity index (χ2n) is 21.3. The molecule has 1 unspecified atom stereocenters. The summed E-state index contributed by atoms with van der Waals surface area (Å²) in [5.41, 5.74) is 0. The van der Waals surface area contributed by atoms with Gasteiger partial charge in [0.05, 0.1) is 0 Å². The molecular weight excluding hydrogens is 973 g/mol. The van der Waals surface area contributed by atoms with Crippen molar-refractivity contribution in [3.63, 3.8) is 0 Å². The molecule has 0 heterocycles. The monoisotopic (exact) mass is 1090 g/mol. The molecule has 0 aromatic carbocycles. The Hall–Kier alpha value is -4.45. The third kappa shape index (κ3) is 64.3. The van der Waals surface area contributed by atoms with Crippen LogP contribution in [0.15, 0.2) is 134 Å². The van der Waals surface area contributed by atoms with E-state index in [2.05, 4.69) is 142 Å². The Bertz CT molecular complexity index is 1680. The summed E-state index contributed by atoms with van der Waals surface area (Å²) in [5, 5.41) is 0. The highest BCUT2D eigenvalue weighted by Gasteiger charge is 2.19. The Kier molecular flexibility index (Phi) is 62.3. The molecule has 0 saturated carbocycles. The van der Waals surface area contributed by atoms with Gasteiger partial charge in [0, 0.05) is 19.3 Å². The van der Waals surface area contributed by atoms with Gasteiger partial charge in [-0.05, 0) is 122 Å². The molecule has 6 nitrogen and oxygen atoms in total. The zero-order valence-electron chi connectivity index (χ0n) is 51.3. The van der Waals surface area contributed by atoms with Crippen molar-refractivity contribution in [2.75, 3.05) is 13.2 Å². The van der Waals surface area contributed by atoms with Crippen LogP contribution in [0.5, 0.6) is 0 Å². The lowest BCUT2D eigenvalue weighted by molar-refractivity contribution is -0.166. The molecule has 79 heavy (non-hydrogen) atoms. The summed E-state index contributed by atoms with van der Waals surface area (Å²) in [5.74, 6) is -1.05. The first-order valence-corrected chi connectivity index (χ1v) is 32.7. The Morgan fingerprint density at radius 2 is 0.519 bits per heavy atom. The van der Waals surface area contributed by atoms with E-state index in [1.807, 2.05) is 12.2 Å². The van der Waals surface area contributed by atoms with E-state index in [4.69, 9.17) is 14.2 Å². The number of esters is 3. The summed E-state index contributed by atoms with van der Waals surface area (Å²) >= 11 is 0. The molecule has 0 fully saturated rings. The molecule has 0 aromatic heterocycles. The van der Waals surface area contributed by atoms with Gasteiger partial charge < -0.3 is 14.2 Å². The fraction of sp³-hybridized carbons (Fsp3) is 0.658. The first-order chi connectivity index (χ1) is 39.0. The average Bonchev–Trinajstić information content (AvgIpc) is 3.45. The number of hydrogen-bond donors (Lipinski definition) is 0. The topological polar surface area (TPSA) is 78.9 Å². The standard InChI is InChI=1S/C73H120O6/c1-4-7-10-13-16-19-22-25-28-30-32-33-34-35-36-37-38-39-41-42-45-48-51-54-57-60-63-66-72(75)78-69-70(68-77-71(74)65-62-59-56-53-50-47-44-27-24-21-18-15-12-9-6-3)79-73(76)67-64-61-58-55-52-49-46-43-40-31-29-26-23-20-17-14-11-8-5-2/h8-9,11-12,17-18,20-21,26-27,29-30,32,40,43-44,49-50,52-53,58,61,70H,4-7,10,13-16,19,22-25,28,31,33-39,41-42,45-48,51,54-57,59-60,62-69H2,1-3H3/b11-8-,12-9-,20-17-,21-18-,29-26-,32-30-,43-40-,44-27-,52-49-,53-50-,61-58-. The van der Waals surface area contributed by atoms with Crippen molar-refractivity contribution >= 4 is 17.9 Å². The van der Waals surface area contributed by atoms with E-state index >= 15 is 0 Å². The van der Waals surface area contributed by atoms with Gasteiger partial charge in [0.25, 0.3) is 0 Å². The molecule has 0 rings (SSSR count). The van der Waals surface area contributed by atoms with E-state index in [0.29, 0.717) is 19.3 Å². The van der Waals surface area contributed by atoms with E-state index < -0.39 is 12.1 Å². The molecule has 6 heteroatoms. The van der Waals surface area contributed by atoms with Gasteiger partial charge in [0.1, 0.15) is 13.2 Å². The minimum absolute atomic E-state index is 0.124. The van der Waals surface area contributed by atoms with E-state index in [-0.39, 0.29) is 38.0 Å². The molecular formula is C73H120O6. The van der Waals surface area contributed by atoms with E-state index in [0.717, 1.165) is 96.3 Å². The molecule has 448 valence electrons. The van der Waals surface area contributed by atoms with Crippen LogP contribution in [0.3, 0.4) is 0 Å². The SMILES string of the molecule is CC/C=C\C/C=C\C/C=C\C/C=C\C/C=C\C/C=C\CCC(=O)OC(COC(=O)CCCC/C=C\C/C=C\C/C=C\C/C=C\CC)COC(=O)CCCCCCCCCCCCCCCCC/C=C\CCCCCCCCCC. The van der Waals surface area contributed by atoms with Crippen molar-refractivity contribution in [1.82, 2.24) is 0 Å². The summed E-state index contributed by atoms with van der Waals surface area (Å²) in [7, 11) is 0. The zero-order valence-corrected chi connectivity index (χ0v) is 51.3. The normalized spacial score (nSPS) is 13.0. The summed E-state index contributed by atoms with van der Waals surface area (Å²) in [6, 6.07) is 0. The third-order valence-corrected chi connectivity index (χ3v) is 13.6. The van der Waals surface area contributed by atoms with Crippen LogP contribution in [0.4, 0.5) is 0 Å². The highest BCUT2D eigenvalue weighted by atomic mass is 16.6. The quantitative estimate of drug-likeness (QED) is 0.0261. The number of rotatable bonds is 58. The molecule has 0 radical (unpaired) electrons. The second kappa shape index (κ2) is 66.1. The summed E-state index contributed by atoms with van der Waals surface area (Å²) in [6.07, 6.45) is 93.5. The van der Waals surface area contributed by atoms with E-state index in [1.165, 1.54) is 141 Å². The van der Waals surface area contributed by atoms with Gasteiger partial charge in [-0.15, -0.1) is 0 Å². The number of allylic oxidation sites excluding steroid dienone is 22. The lowest BCUT2D eigenvalue weighted by atomic mass is 10.0. The smallest absolute Gasteiger partial charge is 0.306 e. The van der Waals surface area contributed by atoms with Crippen LogP contribution in [-0.2, 0) is 28.6 Å². The molecule has 0 bridgehead atoms. The minimum atomic E-state index is -0.841. The number of hydrogen-bond acceptors (Lipinski definition) is 6. The van der Waals surface area contributed by atoms with Crippen LogP contribution in [0.1, 0.15) is 290 Å². The Morgan fingerprint density at radius 1 is 0.266 bits per heavy atom. The van der Waals surface area contributed by atoms with Crippen molar-refractivity contribution in [2.45, 2.75) is 297 Å². The fourth-order valence-corrected chi connectivity index (χ4v) is 8.81. The van der Waals surface area contributed by atoms with Crippen LogP contribution in [0.2, 0.25) is 0 Å². The Labute approximate surface area is 487 Å². The summed E-state index contributed by atoms with van der Waals surface area (Å²) < 4.78 is 16.8. The van der Waals surface area contributed by atoms with Crippen molar-refractivity contribution in [1.29, 1.82) is 0 Å². The molecule has 0 aliphatic carbocycles. The number of unbranched alkanes of at least 4 members (excludes halogenated alkanes) is 25. The highest BCUT2D eigenvalue weighted by Crippen LogP contribution is 2.16. The van der Waals surface area contributed by atoms with Crippen LogP contribution >= 0.6 is 0 Å². The molecule has 0 N–H and O–H groups in total. The highest BCUT2D eigenvalue weighted by molar-refractivity contribution is 5.71. The van der Waals surface area contributed by atoms with E-state index in [9.17, 15) is 14.4 Å². The molecule has 1 atom stereocenters. The molecule has 0 aliphatic heterocycles. The van der Waals surface area contributed by atoms with Gasteiger partial charge >= 0.3 is 17.9 Å². The van der Waals surface area contributed by atoms with Gasteiger partial charge in [-0.25, -0.2) is 0 Å². The van der Waals surface area contributed by atoms with Gasteiger partial charge in [0.15, 0.2) is 6.10 Å². The number of carbonyl (C=O) groups is 3. The predicted octanol–water partition coefficient (Wildman–Crippen LogP) is 22.5. The lowest BCUT2D eigenvalue weighted by Gasteiger charge is -2.18. The zero-order chi connectivity index (χ0) is 57.1. The van der Waals surface area contributed by atoms with Crippen molar-refractivity contribution in [2.24, 2.45) is 0 Å². The predicted molar refractivity (Wildman–Crippen MR) is 343 cm³/mol. The van der Waals surface area contributed by atoms with E-state index in [1.54, 1.807) is 0 Å². The van der Waals surface area contributed by atoms with Gasteiger partial charge in [-0.1, -0.05) is 283 Å². The van der Waals surface area contributed by atoms with Crippen LogP contribution in [-0.4, -0.2) is 37.2 Å². The number of ether oxygens (including phenoxy) is 3. The molecule has 0 saturated heterocycles. The third-order valence-electron chi connectivity index (χ3n) is 13.6.